The Morgan fingerprint density at radius 2 is 1.86 bits per heavy atom. The Morgan fingerprint density at radius 1 is 1.09 bits per heavy atom. The SMILES string of the molecule is Clc1ccc(-c2ccc(C(Br)Cn3cncn3)cc2)c(Cl)c1. The summed E-state index contributed by atoms with van der Waals surface area (Å²) in [5, 5.41) is 5.40. The lowest BCUT2D eigenvalue weighted by Crippen LogP contribution is -2.04. The van der Waals surface area contributed by atoms with E-state index >= 15 is 0 Å². The molecule has 0 saturated heterocycles. The molecule has 0 aliphatic rings. The van der Waals surface area contributed by atoms with E-state index in [0.29, 0.717) is 10.0 Å². The zero-order chi connectivity index (χ0) is 15.5. The molecule has 0 spiro atoms. The Kier molecular flexibility index (Phi) is 4.81. The third kappa shape index (κ3) is 3.51. The minimum atomic E-state index is 0.170. The lowest BCUT2D eigenvalue weighted by atomic mass is 10.0. The van der Waals surface area contributed by atoms with Gasteiger partial charge in [0.25, 0.3) is 0 Å². The second-order valence-corrected chi connectivity index (χ2v) is 6.78. The van der Waals surface area contributed by atoms with Gasteiger partial charge in [-0.25, -0.2) is 4.98 Å². The molecule has 3 aromatic rings. The Morgan fingerprint density at radius 3 is 2.50 bits per heavy atom. The van der Waals surface area contributed by atoms with Crippen LogP contribution in [0.2, 0.25) is 10.0 Å². The zero-order valence-corrected chi connectivity index (χ0v) is 14.6. The second-order valence-electron chi connectivity index (χ2n) is 4.83. The minimum absolute atomic E-state index is 0.170. The van der Waals surface area contributed by atoms with Crippen LogP contribution in [0.5, 0.6) is 0 Å². The van der Waals surface area contributed by atoms with Gasteiger partial charge in [-0.15, -0.1) is 0 Å². The first-order chi connectivity index (χ1) is 10.6. The summed E-state index contributed by atoms with van der Waals surface area (Å²) < 4.78 is 1.80. The number of benzene rings is 2. The van der Waals surface area contributed by atoms with Gasteiger partial charge in [-0.3, -0.25) is 4.68 Å². The zero-order valence-electron chi connectivity index (χ0n) is 11.5. The molecule has 112 valence electrons. The molecule has 0 N–H and O–H groups in total. The smallest absolute Gasteiger partial charge is 0.137 e. The number of nitrogens with zero attached hydrogens (tertiary/aromatic N) is 3. The summed E-state index contributed by atoms with van der Waals surface area (Å²) in [7, 11) is 0. The van der Waals surface area contributed by atoms with Gasteiger partial charge in [0.05, 0.1) is 11.4 Å². The molecule has 0 fully saturated rings. The van der Waals surface area contributed by atoms with Crippen molar-refractivity contribution in [3.63, 3.8) is 0 Å². The van der Waals surface area contributed by atoms with Crippen molar-refractivity contribution in [3.05, 3.63) is 70.7 Å². The average Bonchev–Trinajstić information content (AvgIpc) is 3.00. The molecular formula is C16H12BrCl2N3. The minimum Gasteiger partial charge on any atom is -0.252 e. The fraction of sp³-hybridized carbons (Fsp3) is 0.125. The highest BCUT2D eigenvalue weighted by Crippen LogP contribution is 2.32. The standard InChI is InChI=1S/C16H12BrCl2N3/c17-15(8-22-10-20-9-21-22)12-3-1-11(2-4-12)14-6-5-13(18)7-16(14)19/h1-7,9-10,15H,8H2. The molecular weight excluding hydrogens is 385 g/mol. The summed E-state index contributed by atoms with van der Waals surface area (Å²) in [5.74, 6) is 0. The van der Waals surface area contributed by atoms with Crippen molar-refractivity contribution in [1.29, 1.82) is 0 Å². The number of halogens is 3. The van der Waals surface area contributed by atoms with Gasteiger partial charge in [0.1, 0.15) is 12.7 Å². The fourth-order valence-corrected chi connectivity index (χ4v) is 3.31. The van der Waals surface area contributed by atoms with Crippen LogP contribution in [0.15, 0.2) is 55.1 Å². The first-order valence-electron chi connectivity index (χ1n) is 6.65. The van der Waals surface area contributed by atoms with Crippen LogP contribution in [0.4, 0.5) is 0 Å². The van der Waals surface area contributed by atoms with E-state index in [9.17, 15) is 0 Å². The van der Waals surface area contributed by atoms with Crippen LogP contribution in [0.3, 0.4) is 0 Å². The Hall–Kier alpha value is -1.36. The van der Waals surface area contributed by atoms with Crippen LogP contribution in [-0.4, -0.2) is 14.8 Å². The van der Waals surface area contributed by atoms with Gasteiger partial charge in [-0.1, -0.05) is 69.5 Å². The van der Waals surface area contributed by atoms with E-state index in [2.05, 4.69) is 50.3 Å². The monoisotopic (exact) mass is 395 g/mol. The van der Waals surface area contributed by atoms with Crippen molar-refractivity contribution in [2.45, 2.75) is 11.4 Å². The maximum absolute atomic E-state index is 6.25. The van der Waals surface area contributed by atoms with Gasteiger partial charge in [0.2, 0.25) is 0 Å². The van der Waals surface area contributed by atoms with Gasteiger partial charge < -0.3 is 0 Å². The van der Waals surface area contributed by atoms with Gasteiger partial charge in [-0.05, 0) is 23.3 Å². The summed E-state index contributed by atoms with van der Waals surface area (Å²) >= 11 is 15.9. The molecule has 3 nitrogen and oxygen atoms in total. The molecule has 3 rings (SSSR count). The third-order valence-electron chi connectivity index (χ3n) is 3.33. The normalized spacial score (nSPS) is 12.3. The second kappa shape index (κ2) is 6.82. The van der Waals surface area contributed by atoms with Crippen LogP contribution in [0.25, 0.3) is 11.1 Å². The van der Waals surface area contributed by atoms with Gasteiger partial charge >= 0.3 is 0 Å². The van der Waals surface area contributed by atoms with Crippen LogP contribution in [-0.2, 0) is 6.54 Å². The van der Waals surface area contributed by atoms with Gasteiger partial charge in [0, 0.05) is 15.6 Å². The van der Waals surface area contributed by atoms with Crippen molar-refractivity contribution < 1.29 is 0 Å². The summed E-state index contributed by atoms with van der Waals surface area (Å²) in [4.78, 5) is 4.12. The molecule has 1 aromatic heterocycles. The fourth-order valence-electron chi connectivity index (χ4n) is 2.19. The molecule has 22 heavy (non-hydrogen) atoms. The van der Waals surface area contributed by atoms with E-state index in [0.717, 1.165) is 17.7 Å². The summed E-state index contributed by atoms with van der Waals surface area (Å²) in [6.45, 7) is 0.723. The highest BCUT2D eigenvalue weighted by Gasteiger charge is 2.10. The molecule has 6 heteroatoms. The first-order valence-corrected chi connectivity index (χ1v) is 8.32. The molecule has 0 saturated carbocycles. The average molecular weight is 397 g/mol. The number of hydrogen-bond acceptors (Lipinski definition) is 2. The molecule has 0 radical (unpaired) electrons. The lowest BCUT2D eigenvalue weighted by Gasteiger charge is -2.11. The third-order valence-corrected chi connectivity index (χ3v) is 4.69. The summed E-state index contributed by atoms with van der Waals surface area (Å²) in [6, 6.07) is 13.8. The van der Waals surface area contributed by atoms with Crippen molar-refractivity contribution in [2.75, 3.05) is 0 Å². The van der Waals surface area contributed by atoms with E-state index in [-0.39, 0.29) is 4.83 Å². The highest BCUT2D eigenvalue weighted by molar-refractivity contribution is 9.09. The highest BCUT2D eigenvalue weighted by atomic mass is 79.9. The van der Waals surface area contributed by atoms with Crippen LogP contribution in [0.1, 0.15) is 10.4 Å². The number of alkyl halides is 1. The van der Waals surface area contributed by atoms with Gasteiger partial charge in [0.15, 0.2) is 0 Å². The van der Waals surface area contributed by atoms with Crippen molar-refractivity contribution in [2.24, 2.45) is 0 Å². The van der Waals surface area contributed by atoms with E-state index in [4.69, 9.17) is 23.2 Å². The van der Waals surface area contributed by atoms with Crippen molar-refractivity contribution in [1.82, 2.24) is 14.8 Å². The summed E-state index contributed by atoms with van der Waals surface area (Å²) in [6.07, 6.45) is 3.24. The Labute approximate surface area is 147 Å². The van der Waals surface area contributed by atoms with E-state index in [1.54, 1.807) is 17.1 Å². The molecule has 1 unspecified atom stereocenters. The molecule has 0 bridgehead atoms. The molecule has 1 heterocycles. The number of rotatable bonds is 4. The lowest BCUT2D eigenvalue weighted by molar-refractivity contribution is 0.610. The molecule has 0 aliphatic carbocycles. The molecule has 1 atom stereocenters. The number of hydrogen-bond donors (Lipinski definition) is 0. The maximum atomic E-state index is 6.25. The van der Waals surface area contributed by atoms with E-state index in [1.165, 1.54) is 11.9 Å². The van der Waals surface area contributed by atoms with Crippen LogP contribution in [0, 0.1) is 0 Å². The predicted octanol–water partition coefficient (Wildman–Crippen LogP) is 5.39. The Balaban J connectivity index is 1.80. The molecule has 2 aromatic carbocycles. The molecule has 0 aliphatic heterocycles. The molecule has 0 amide bonds. The Bertz CT molecular complexity index is 758. The quantitative estimate of drug-likeness (QED) is 0.553. The van der Waals surface area contributed by atoms with E-state index in [1.807, 2.05) is 12.1 Å². The van der Waals surface area contributed by atoms with Gasteiger partial charge in [-0.2, -0.15) is 5.10 Å². The first kappa shape index (κ1) is 15.5. The van der Waals surface area contributed by atoms with Crippen LogP contribution < -0.4 is 0 Å². The maximum Gasteiger partial charge on any atom is 0.137 e. The van der Waals surface area contributed by atoms with Crippen LogP contribution >= 0.6 is 39.1 Å². The topological polar surface area (TPSA) is 30.7 Å². The van der Waals surface area contributed by atoms with Crippen molar-refractivity contribution >= 4 is 39.1 Å². The predicted molar refractivity (Wildman–Crippen MR) is 93.6 cm³/mol. The van der Waals surface area contributed by atoms with E-state index < -0.39 is 0 Å². The largest absolute Gasteiger partial charge is 0.252 e. The van der Waals surface area contributed by atoms with Crippen molar-refractivity contribution in [3.8, 4) is 11.1 Å². The number of aromatic nitrogens is 3. The summed E-state index contributed by atoms with van der Waals surface area (Å²) in [5.41, 5.74) is 3.20.